The lowest BCUT2D eigenvalue weighted by molar-refractivity contribution is -0.169. The molecule has 0 unspecified atom stereocenters. The highest BCUT2D eigenvalue weighted by molar-refractivity contribution is 5.70. The van der Waals surface area contributed by atoms with E-state index in [0.717, 1.165) is 43.1 Å². The lowest BCUT2D eigenvalue weighted by atomic mass is 10.1. The molecule has 2 heterocycles. The van der Waals surface area contributed by atoms with E-state index < -0.39 is 54.3 Å². The molecule has 2 N–H and O–H groups in total. The van der Waals surface area contributed by atoms with Gasteiger partial charge in [0.05, 0.1) is 6.61 Å². The lowest BCUT2D eigenvalue weighted by Crippen LogP contribution is -2.43. The summed E-state index contributed by atoms with van der Waals surface area (Å²) in [5.41, 5.74) is -1.01. The van der Waals surface area contributed by atoms with Gasteiger partial charge in [0.2, 0.25) is 0 Å². The molecule has 48 heavy (non-hydrogen) atoms. The van der Waals surface area contributed by atoms with E-state index in [2.05, 4.69) is 18.8 Å². The number of rotatable bonds is 28. The van der Waals surface area contributed by atoms with E-state index in [9.17, 15) is 24.3 Å². The monoisotopic (exact) mass is 678 g/mol. The van der Waals surface area contributed by atoms with Gasteiger partial charge in [0.1, 0.15) is 6.10 Å². The van der Waals surface area contributed by atoms with Crippen LogP contribution < -0.4 is 11.2 Å². The van der Waals surface area contributed by atoms with Crippen molar-refractivity contribution in [2.45, 2.75) is 199 Å². The van der Waals surface area contributed by atoms with Gasteiger partial charge in [-0.3, -0.25) is 23.9 Å². The first kappa shape index (κ1) is 41.7. The molecule has 276 valence electrons. The second kappa shape index (κ2) is 25.5. The van der Waals surface area contributed by atoms with Crippen molar-refractivity contribution in [3.05, 3.63) is 32.6 Å². The number of hydrogen-bond donors (Lipinski definition) is 2. The summed E-state index contributed by atoms with van der Waals surface area (Å²) in [6.45, 7) is 5.50. The third kappa shape index (κ3) is 16.3. The fraction of sp³-hybridized carbons (Fsp3) is 0.842. The first-order valence-electron chi connectivity index (χ1n) is 19.3. The topological polar surface area (TPSA) is 137 Å². The number of esters is 2. The highest BCUT2D eigenvalue weighted by Gasteiger charge is 2.50. The number of carbonyl (C=O) groups excluding carboxylic acids is 2. The molecule has 10 nitrogen and oxygen atoms in total. The molecule has 4 atom stereocenters. The molecule has 1 aliphatic rings. The molecule has 1 saturated heterocycles. The van der Waals surface area contributed by atoms with Crippen LogP contribution in [-0.2, 0) is 23.8 Å². The van der Waals surface area contributed by atoms with Crippen molar-refractivity contribution in [3.63, 3.8) is 0 Å². The Bertz CT molecular complexity index is 1130. The van der Waals surface area contributed by atoms with E-state index in [1.54, 1.807) is 6.92 Å². The number of aromatic nitrogens is 2. The van der Waals surface area contributed by atoms with E-state index in [-0.39, 0.29) is 18.4 Å². The summed E-state index contributed by atoms with van der Waals surface area (Å²) in [5.74, 6) is -0.946. The van der Waals surface area contributed by atoms with Crippen LogP contribution in [0.15, 0.2) is 15.8 Å². The minimum atomic E-state index is -1.17. The van der Waals surface area contributed by atoms with Crippen LogP contribution in [-0.4, -0.2) is 51.5 Å². The van der Waals surface area contributed by atoms with Crippen LogP contribution in [0.1, 0.15) is 180 Å². The number of unbranched alkanes of at least 4 members (excludes halogenated alkanes) is 20. The molecule has 1 aromatic heterocycles. The molecule has 0 amide bonds. The van der Waals surface area contributed by atoms with E-state index in [1.165, 1.54) is 96.1 Å². The Morgan fingerprint density at radius 3 is 1.50 bits per heavy atom. The number of aromatic amines is 1. The first-order chi connectivity index (χ1) is 23.3. The molecule has 0 aromatic carbocycles. The van der Waals surface area contributed by atoms with Crippen molar-refractivity contribution < 1.29 is 28.9 Å². The molecule has 0 spiro atoms. The van der Waals surface area contributed by atoms with Crippen LogP contribution in [0.5, 0.6) is 0 Å². The summed E-state index contributed by atoms with van der Waals surface area (Å²) >= 11 is 0. The maximum Gasteiger partial charge on any atom is 0.330 e. The molecule has 10 heteroatoms. The molecule has 2 rings (SSSR count). The van der Waals surface area contributed by atoms with Crippen LogP contribution in [0, 0.1) is 6.92 Å². The van der Waals surface area contributed by atoms with Gasteiger partial charge >= 0.3 is 17.6 Å². The number of hydrogen-bond acceptors (Lipinski definition) is 8. The van der Waals surface area contributed by atoms with E-state index in [0.29, 0.717) is 12.8 Å². The summed E-state index contributed by atoms with van der Waals surface area (Å²) in [6, 6.07) is 0. The fourth-order valence-corrected chi connectivity index (χ4v) is 6.41. The van der Waals surface area contributed by atoms with Crippen molar-refractivity contribution in [2.75, 3.05) is 6.61 Å². The van der Waals surface area contributed by atoms with Gasteiger partial charge in [-0.05, 0) is 19.8 Å². The summed E-state index contributed by atoms with van der Waals surface area (Å²) in [4.78, 5) is 53.0. The quantitative estimate of drug-likeness (QED) is 0.0673. The number of aliphatic hydroxyl groups excluding tert-OH is 1. The number of aliphatic hydroxyl groups is 1. The first-order valence-corrected chi connectivity index (χ1v) is 19.3. The number of ether oxygens (including phenoxy) is 3. The molecular weight excluding hydrogens is 612 g/mol. The van der Waals surface area contributed by atoms with Gasteiger partial charge < -0.3 is 19.3 Å². The number of nitrogens with zero attached hydrogens (tertiary/aromatic N) is 1. The highest BCUT2D eigenvalue weighted by Crippen LogP contribution is 2.34. The molecule has 1 aromatic rings. The minimum absolute atomic E-state index is 0.184. The van der Waals surface area contributed by atoms with Crippen LogP contribution >= 0.6 is 0 Å². The Hall–Kier alpha value is -2.46. The maximum absolute atomic E-state index is 13.0. The van der Waals surface area contributed by atoms with Gasteiger partial charge in [0.15, 0.2) is 18.4 Å². The molecule has 0 aliphatic carbocycles. The van der Waals surface area contributed by atoms with Crippen molar-refractivity contribution in [1.82, 2.24) is 9.55 Å². The van der Waals surface area contributed by atoms with Gasteiger partial charge in [-0.25, -0.2) is 4.79 Å². The van der Waals surface area contributed by atoms with Gasteiger partial charge in [-0.15, -0.1) is 0 Å². The third-order valence-corrected chi connectivity index (χ3v) is 9.39. The fourth-order valence-electron chi connectivity index (χ4n) is 6.41. The van der Waals surface area contributed by atoms with Crippen molar-refractivity contribution in [3.8, 4) is 0 Å². The highest BCUT2D eigenvalue weighted by atomic mass is 16.6. The predicted molar refractivity (Wildman–Crippen MR) is 189 cm³/mol. The molecule has 0 saturated carbocycles. The SMILES string of the molecule is CCCCCCCCCCCCCC(=O)O[C@@H]1[C@H](OC(=O)CCCCCCCCCCCCC)[C@@H](CO)O[C@H]1n1cc(C)c(=O)[nH]c1=O. The molecule has 1 fully saturated rings. The van der Waals surface area contributed by atoms with Crippen LogP contribution in [0.25, 0.3) is 0 Å². The van der Waals surface area contributed by atoms with Crippen LogP contribution in [0.2, 0.25) is 0 Å². The minimum Gasteiger partial charge on any atom is -0.455 e. The second-order valence-corrected chi connectivity index (χ2v) is 13.7. The Labute approximate surface area is 288 Å². The normalized spacial score (nSPS) is 19.1. The molecule has 0 bridgehead atoms. The molecule has 0 radical (unpaired) electrons. The number of aryl methyl sites for hydroxylation is 1. The van der Waals surface area contributed by atoms with Crippen molar-refractivity contribution in [2.24, 2.45) is 0 Å². The third-order valence-electron chi connectivity index (χ3n) is 9.39. The largest absolute Gasteiger partial charge is 0.455 e. The number of H-pyrrole nitrogens is 1. The lowest BCUT2D eigenvalue weighted by Gasteiger charge is -2.25. The summed E-state index contributed by atoms with van der Waals surface area (Å²) in [6.07, 6.45) is 22.8. The van der Waals surface area contributed by atoms with Gasteiger partial charge in [0, 0.05) is 24.6 Å². The Morgan fingerprint density at radius 2 is 1.08 bits per heavy atom. The van der Waals surface area contributed by atoms with Crippen molar-refractivity contribution >= 4 is 11.9 Å². The van der Waals surface area contributed by atoms with E-state index in [1.807, 2.05) is 0 Å². The maximum atomic E-state index is 13.0. The standard InChI is InChI=1S/C38H66N2O8/c1-4-6-8-10-12-14-16-18-20-22-24-26-32(42)47-34-31(29-41)46-37(40-28-30(3)36(44)39-38(40)45)35(34)48-33(43)27-25-23-21-19-17-15-13-11-9-7-5-2/h28,31,34-35,37,41H,4-27,29H2,1-3H3,(H,39,44,45)/t31-,34-,35-,37-/m1/s1. The van der Waals surface area contributed by atoms with Gasteiger partial charge in [-0.2, -0.15) is 0 Å². The summed E-state index contributed by atoms with van der Waals surface area (Å²) < 4.78 is 18.7. The van der Waals surface area contributed by atoms with E-state index >= 15 is 0 Å². The zero-order valence-electron chi connectivity index (χ0n) is 30.3. The molecular formula is C38H66N2O8. The Balaban J connectivity index is 1.89. The van der Waals surface area contributed by atoms with E-state index in [4.69, 9.17) is 14.2 Å². The van der Waals surface area contributed by atoms with Gasteiger partial charge in [-0.1, -0.05) is 142 Å². The van der Waals surface area contributed by atoms with Crippen molar-refractivity contribution in [1.29, 1.82) is 0 Å². The Morgan fingerprint density at radius 1 is 0.688 bits per heavy atom. The van der Waals surface area contributed by atoms with Gasteiger partial charge in [0.25, 0.3) is 5.56 Å². The molecule has 1 aliphatic heterocycles. The average molecular weight is 679 g/mol. The number of carbonyl (C=O) groups is 2. The number of nitrogens with one attached hydrogen (secondary N) is 1. The predicted octanol–water partition coefficient (Wildman–Crippen LogP) is 7.96. The average Bonchev–Trinajstić information content (AvgIpc) is 3.39. The summed E-state index contributed by atoms with van der Waals surface area (Å²) in [7, 11) is 0. The summed E-state index contributed by atoms with van der Waals surface area (Å²) in [5, 5.41) is 10.1. The van der Waals surface area contributed by atoms with Crippen LogP contribution in [0.4, 0.5) is 0 Å². The zero-order valence-corrected chi connectivity index (χ0v) is 30.3. The second-order valence-electron chi connectivity index (χ2n) is 13.7. The van der Waals surface area contributed by atoms with Crippen LogP contribution in [0.3, 0.4) is 0 Å². The Kier molecular flexibility index (Phi) is 22.2. The zero-order chi connectivity index (χ0) is 35.0. The smallest absolute Gasteiger partial charge is 0.330 e.